The second-order valence-electron chi connectivity index (χ2n) is 2.08. The molecule has 0 radical (unpaired) electrons. The molecule has 0 aliphatic heterocycles. The molecule has 5 nitrogen and oxygen atoms in total. The number of hydrogen-bond donors (Lipinski definition) is 4. The van der Waals surface area contributed by atoms with E-state index in [0.29, 0.717) is 13.1 Å². The topological polar surface area (TPSA) is 84.2 Å². The van der Waals surface area contributed by atoms with Crippen LogP contribution in [-0.2, 0) is 0 Å². The van der Waals surface area contributed by atoms with Crippen LogP contribution >= 0.6 is 8.38 Å². The van der Waals surface area contributed by atoms with E-state index in [0.717, 1.165) is 0 Å². The molecule has 0 atom stereocenters. The van der Waals surface area contributed by atoms with Gasteiger partial charge >= 0.3 is 0 Å². The van der Waals surface area contributed by atoms with E-state index in [-0.39, 0.29) is 19.5 Å². The summed E-state index contributed by atoms with van der Waals surface area (Å²) in [5.74, 6) is 0. The van der Waals surface area contributed by atoms with Gasteiger partial charge in [0.15, 0.2) is 8.38 Å². The summed E-state index contributed by atoms with van der Waals surface area (Å²) >= 11 is 0. The Kier molecular flexibility index (Phi) is 7.06. The van der Waals surface area contributed by atoms with E-state index in [1.165, 1.54) is 0 Å². The zero-order chi connectivity index (χ0) is 8.69. The van der Waals surface area contributed by atoms with Crippen molar-refractivity contribution in [3.05, 3.63) is 0 Å². The molecule has 0 saturated heterocycles. The van der Waals surface area contributed by atoms with E-state index in [1.54, 1.807) is 4.90 Å². The van der Waals surface area contributed by atoms with E-state index in [2.05, 4.69) is 0 Å². The third-order valence-corrected chi connectivity index (χ3v) is 1.81. The molecule has 0 aromatic heterocycles. The lowest BCUT2D eigenvalue weighted by atomic mass is 10.5. The number of rotatable bonds is 6. The minimum Gasteiger partial charge on any atom is -0.395 e. The first-order valence-corrected chi connectivity index (χ1v) is 4.73. The van der Waals surface area contributed by atoms with Gasteiger partial charge in [0.05, 0.1) is 19.5 Å². The fourth-order valence-electron chi connectivity index (χ4n) is 0.715. The van der Waals surface area contributed by atoms with E-state index in [4.69, 9.17) is 20.0 Å². The summed E-state index contributed by atoms with van der Waals surface area (Å²) in [5.41, 5.74) is 0. The highest BCUT2D eigenvalue weighted by molar-refractivity contribution is 7.44. The van der Waals surface area contributed by atoms with Crippen molar-refractivity contribution in [1.29, 1.82) is 0 Å². The van der Waals surface area contributed by atoms with Crippen LogP contribution in [0, 0.1) is 0 Å². The van der Waals surface area contributed by atoms with Gasteiger partial charge in [-0.05, 0) is 0 Å². The van der Waals surface area contributed by atoms with Crippen LogP contribution in [0.4, 0.5) is 0 Å². The first-order chi connectivity index (χ1) is 5.20. The van der Waals surface area contributed by atoms with Gasteiger partial charge in [0.2, 0.25) is 0 Å². The van der Waals surface area contributed by atoms with Gasteiger partial charge in [-0.1, -0.05) is 0 Å². The summed E-state index contributed by atoms with van der Waals surface area (Å²) in [5, 5.41) is 17.0. The zero-order valence-electron chi connectivity index (χ0n) is 6.22. The average Bonchev–Trinajstić information content (AvgIpc) is 1.87. The van der Waals surface area contributed by atoms with E-state index >= 15 is 0 Å². The van der Waals surface area contributed by atoms with Crippen LogP contribution in [0.25, 0.3) is 0 Å². The SMILES string of the molecule is OCCN(CCO)CP(O)O. The van der Waals surface area contributed by atoms with E-state index < -0.39 is 8.38 Å². The molecule has 0 unspecified atom stereocenters. The van der Waals surface area contributed by atoms with Gasteiger partial charge < -0.3 is 20.0 Å². The molecule has 0 bridgehead atoms. The smallest absolute Gasteiger partial charge is 0.180 e. The van der Waals surface area contributed by atoms with Crippen molar-refractivity contribution in [3.63, 3.8) is 0 Å². The molecule has 4 N–H and O–H groups in total. The van der Waals surface area contributed by atoms with Crippen LogP contribution in [0.15, 0.2) is 0 Å². The summed E-state index contributed by atoms with van der Waals surface area (Å²) in [6.45, 7) is 0.646. The van der Waals surface area contributed by atoms with Crippen molar-refractivity contribution in [1.82, 2.24) is 4.90 Å². The first kappa shape index (κ1) is 11.2. The second kappa shape index (κ2) is 6.91. The lowest BCUT2D eigenvalue weighted by molar-refractivity contribution is 0.174. The Bertz CT molecular complexity index is 86.6. The fourth-order valence-corrected chi connectivity index (χ4v) is 1.36. The van der Waals surface area contributed by atoms with Gasteiger partial charge in [-0.3, -0.25) is 4.90 Å². The highest BCUT2D eigenvalue weighted by Gasteiger charge is 2.07. The molecule has 6 heteroatoms. The molecule has 0 spiro atoms. The van der Waals surface area contributed by atoms with Crippen LogP contribution in [0.3, 0.4) is 0 Å². The first-order valence-electron chi connectivity index (χ1n) is 3.30. The van der Waals surface area contributed by atoms with E-state index in [1.807, 2.05) is 0 Å². The minimum absolute atomic E-state index is 0.0385. The summed E-state index contributed by atoms with van der Waals surface area (Å²) < 4.78 is 0. The van der Waals surface area contributed by atoms with Crippen molar-refractivity contribution >= 4 is 8.38 Å². The third-order valence-electron chi connectivity index (χ3n) is 1.16. The molecule has 0 heterocycles. The Hall–Kier alpha value is 0.230. The number of nitrogens with zero attached hydrogens (tertiary/aromatic N) is 1. The van der Waals surface area contributed by atoms with Gasteiger partial charge in [-0.25, -0.2) is 0 Å². The van der Waals surface area contributed by atoms with Gasteiger partial charge in [-0.15, -0.1) is 0 Å². The molecule has 0 aliphatic carbocycles. The van der Waals surface area contributed by atoms with E-state index in [9.17, 15) is 0 Å². The Morgan fingerprint density at radius 1 is 1.00 bits per heavy atom. The van der Waals surface area contributed by atoms with Crippen LogP contribution in [0.5, 0.6) is 0 Å². The summed E-state index contributed by atoms with van der Waals surface area (Å²) in [6.07, 6.45) is 0.121. The van der Waals surface area contributed by atoms with Crippen molar-refractivity contribution in [2.24, 2.45) is 0 Å². The molecule has 0 fully saturated rings. The molecular weight excluding hydrogens is 169 g/mol. The maximum absolute atomic E-state index is 8.59. The van der Waals surface area contributed by atoms with Crippen LogP contribution in [-0.4, -0.2) is 57.5 Å². The van der Waals surface area contributed by atoms with Crippen LogP contribution < -0.4 is 0 Å². The highest BCUT2D eigenvalue weighted by Crippen LogP contribution is 2.23. The Morgan fingerprint density at radius 3 is 1.73 bits per heavy atom. The van der Waals surface area contributed by atoms with Gasteiger partial charge in [-0.2, -0.15) is 0 Å². The van der Waals surface area contributed by atoms with Gasteiger partial charge in [0.1, 0.15) is 0 Å². The van der Waals surface area contributed by atoms with Crippen LogP contribution in [0.2, 0.25) is 0 Å². The second-order valence-corrected chi connectivity index (χ2v) is 3.11. The molecule has 68 valence electrons. The molecule has 0 aromatic carbocycles. The maximum Gasteiger partial charge on any atom is 0.180 e. The number of aliphatic hydroxyl groups excluding tert-OH is 2. The summed E-state index contributed by atoms with van der Waals surface area (Å²) in [7, 11) is -1.96. The third kappa shape index (κ3) is 6.62. The predicted molar refractivity (Wildman–Crippen MR) is 42.0 cm³/mol. The standard InChI is InChI=1S/C5H14NO4P/c7-3-1-6(2-4-8)5-11(9)10/h7-10H,1-5H2. The lowest BCUT2D eigenvalue weighted by Crippen LogP contribution is -2.30. The molecule has 0 amide bonds. The Balaban J connectivity index is 3.50. The summed E-state index contributed by atoms with van der Waals surface area (Å²) in [4.78, 5) is 18.8. The summed E-state index contributed by atoms with van der Waals surface area (Å²) in [6, 6.07) is 0. The molecule has 0 saturated carbocycles. The van der Waals surface area contributed by atoms with Gasteiger partial charge in [0.25, 0.3) is 0 Å². The zero-order valence-corrected chi connectivity index (χ0v) is 7.11. The minimum atomic E-state index is -1.96. The monoisotopic (exact) mass is 183 g/mol. The fraction of sp³-hybridized carbons (Fsp3) is 1.00. The average molecular weight is 183 g/mol. The molecule has 11 heavy (non-hydrogen) atoms. The predicted octanol–water partition coefficient (Wildman–Crippen LogP) is -1.47. The highest BCUT2D eigenvalue weighted by atomic mass is 31.2. The Labute approximate surface area is 66.8 Å². The molecular formula is C5H14NO4P. The quantitative estimate of drug-likeness (QED) is 0.378. The Morgan fingerprint density at radius 2 is 1.45 bits per heavy atom. The van der Waals surface area contributed by atoms with Crippen molar-refractivity contribution in [3.8, 4) is 0 Å². The van der Waals surface area contributed by atoms with Gasteiger partial charge in [0, 0.05) is 13.1 Å². The molecule has 0 rings (SSSR count). The largest absolute Gasteiger partial charge is 0.395 e. The number of aliphatic hydroxyl groups is 2. The van der Waals surface area contributed by atoms with Crippen molar-refractivity contribution < 1.29 is 20.0 Å². The maximum atomic E-state index is 8.59. The van der Waals surface area contributed by atoms with Crippen LogP contribution in [0.1, 0.15) is 0 Å². The van der Waals surface area contributed by atoms with Crippen molar-refractivity contribution in [2.45, 2.75) is 0 Å². The molecule has 0 aliphatic rings. The number of hydrogen-bond acceptors (Lipinski definition) is 5. The normalized spacial score (nSPS) is 11.5. The molecule has 0 aromatic rings. The van der Waals surface area contributed by atoms with Crippen molar-refractivity contribution in [2.75, 3.05) is 32.6 Å². The lowest BCUT2D eigenvalue weighted by Gasteiger charge is -2.19.